The van der Waals surface area contributed by atoms with Crippen molar-refractivity contribution in [2.45, 2.75) is 4.90 Å². The van der Waals surface area contributed by atoms with Gasteiger partial charge in [0, 0.05) is 16.5 Å². The highest BCUT2D eigenvalue weighted by Crippen LogP contribution is 2.47. The van der Waals surface area contributed by atoms with E-state index in [-0.39, 0.29) is 12.5 Å². The molecule has 0 spiro atoms. The Hall–Kier alpha value is -1.77. The number of fused-ring (bicyclic) bond motifs is 1. The summed E-state index contributed by atoms with van der Waals surface area (Å²) in [6.45, 7) is 0.463. The molecule has 0 aliphatic carbocycles. The van der Waals surface area contributed by atoms with Crippen molar-refractivity contribution in [2.75, 3.05) is 23.0 Å². The number of amides is 1. The highest BCUT2D eigenvalue weighted by atomic mass is 35.5. The SMILES string of the molecule is O=C1/C(=C\C=C2/Sc3ccc(Cl)cc3N2CCO)SC(=S)N1c1ccccc1. The first-order valence-electron chi connectivity index (χ1n) is 8.47. The standard InChI is InChI=1S/C20H15ClN2O2S3/c21-13-6-7-16-15(12-13)22(10-11-24)18(27-16)9-8-17-19(25)23(20(26)28-17)14-4-2-1-3-5-14/h1-9,12,24H,10-11H2/b17-8+,18-9-. The van der Waals surface area contributed by atoms with E-state index < -0.39 is 0 Å². The molecule has 8 heteroatoms. The molecular weight excluding hydrogens is 432 g/mol. The second-order valence-corrected chi connectivity index (χ2v) is 9.14. The molecule has 1 amide bonds. The number of hydrogen-bond acceptors (Lipinski definition) is 6. The van der Waals surface area contributed by atoms with E-state index in [1.807, 2.05) is 59.5 Å². The van der Waals surface area contributed by atoms with Crippen molar-refractivity contribution in [2.24, 2.45) is 0 Å². The average molecular weight is 447 g/mol. The van der Waals surface area contributed by atoms with Crippen LogP contribution >= 0.6 is 47.3 Å². The van der Waals surface area contributed by atoms with Gasteiger partial charge in [0.15, 0.2) is 4.32 Å². The van der Waals surface area contributed by atoms with Gasteiger partial charge in [0.1, 0.15) is 0 Å². The normalized spacial score (nSPS) is 19.2. The molecule has 0 bridgehead atoms. The summed E-state index contributed by atoms with van der Waals surface area (Å²) in [6.07, 6.45) is 3.69. The van der Waals surface area contributed by atoms with Crippen LogP contribution in [0.2, 0.25) is 5.02 Å². The molecule has 0 unspecified atom stereocenters. The molecule has 1 N–H and O–H groups in total. The van der Waals surface area contributed by atoms with Gasteiger partial charge in [0.05, 0.1) is 27.9 Å². The second kappa shape index (κ2) is 8.31. The highest BCUT2D eigenvalue weighted by molar-refractivity contribution is 8.27. The third-order valence-corrected chi connectivity index (χ3v) is 6.89. The highest BCUT2D eigenvalue weighted by Gasteiger charge is 2.33. The monoisotopic (exact) mass is 446 g/mol. The Kier molecular flexibility index (Phi) is 5.80. The number of para-hydroxylation sites is 1. The Morgan fingerprint density at radius 3 is 2.64 bits per heavy atom. The van der Waals surface area contributed by atoms with Crippen molar-refractivity contribution in [1.29, 1.82) is 0 Å². The smallest absolute Gasteiger partial charge is 0.270 e. The Labute approximate surface area is 181 Å². The van der Waals surface area contributed by atoms with E-state index in [2.05, 4.69) is 0 Å². The minimum atomic E-state index is -0.129. The van der Waals surface area contributed by atoms with Crippen LogP contribution in [0.5, 0.6) is 0 Å². The van der Waals surface area contributed by atoms with E-state index in [9.17, 15) is 9.90 Å². The number of β-amino-alcohol motifs (C(OH)–C–C–N with tert-alkyl or cyclic N) is 1. The fraction of sp³-hybridized carbons (Fsp3) is 0.100. The predicted octanol–water partition coefficient (Wildman–Crippen LogP) is 5.03. The molecule has 142 valence electrons. The summed E-state index contributed by atoms with van der Waals surface area (Å²) in [6, 6.07) is 15.1. The molecule has 2 heterocycles. The topological polar surface area (TPSA) is 43.8 Å². The van der Waals surface area contributed by atoms with Gasteiger partial charge in [0.2, 0.25) is 0 Å². The molecule has 2 aliphatic heterocycles. The third-order valence-electron chi connectivity index (χ3n) is 4.20. The van der Waals surface area contributed by atoms with Gasteiger partial charge < -0.3 is 10.0 Å². The van der Waals surface area contributed by atoms with Gasteiger partial charge in [-0.1, -0.05) is 65.5 Å². The summed E-state index contributed by atoms with van der Waals surface area (Å²) >= 11 is 14.4. The van der Waals surface area contributed by atoms with Crippen LogP contribution in [0.25, 0.3) is 0 Å². The van der Waals surface area contributed by atoms with Crippen LogP contribution in [-0.2, 0) is 4.79 Å². The van der Waals surface area contributed by atoms with Crippen LogP contribution in [0.1, 0.15) is 0 Å². The molecule has 4 rings (SSSR count). The summed E-state index contributed by atoms with van der Waals surface area (Å²) in [4.78, 5) is 18.0. The average Bonchev–Trinajstić information content (AvgIpc) is 3.17. The number of rotatable bonds is 4. The summed E-state index contributed by atoms with van der Waals surface area (Å²) in [5.41, 5.74) is 1.73. The van der Waals surface area contributed by atoms with Crippen molar-refractivity contribution in [3.63, 3.8) is 0 Å². The van der Waals surface area contributed by atoms with E-state index in [0.717, 1.165) is 21.3 Å². The van der Waals surface area contributed by atoms with Gasteiger partial charge in [-0.2, -0.15) is 0 Å². The van der Waals surface area contributed by atoms with E-state index in [1.165, 1.54) is 11.8 Å². The maximum Gasteiger partial charge on any atom is 0.270 e. The van der Waals surface area contributed by atoms with Crippen LogP contribution in [-0.4, -0.2) is 28.5 Å². The zero-order chi connectivity index (χ0) is 19.7. The lowest BCUT2D eigenvalue weighted by Crippen LogP contribution is -2.27. The van der Waals surface area contributed by atoms with E-state index >= 15 is 0 Å². The van der Waals surface area contributed by atoms with Crippen molar-refractivity contribution in [3.05, 3.63) is 75.6 Å². The largest absolute Gasteiger partial charge is 0.395 e. The van der Waals surface area contributed by atoms with Crippen molar-refractivity contribution in [3.8, 4) is 0 Å². The number of benzene rings is 2. The minimum absolute atomic E-state index is 0.0139. The number of aliphatic hydroxyl groups is 1. The number of carbonyl (C=O) groups is 1. The zero-order valence-electron chi connectivity index (χ0n) is 14.5. The summed E-state index contributed by atoms with van der Waals surface area (Å²) in [5, 5.41) is 11.0. The lowest BCUT2D eigenvalue weighted by Gasteiger charge is -2.19. The number of nitrogens with zero attached hydrogens (tertiary/aromatic N) is 2. The maximum absolute atomic E-state index is 12.8. The van der Waals surface area contributed by atoms with Crippen molar-refractivity contribution < 1.29 is 9.90 Å². The van der Waals surface area contributed by atoms with E-state index in [1.54, 1.807) is 22.7 Å². The molecule has 1 saturated heterocycles. The first-order valence-corrected chi connectivity index (χ1v) is 10.9. The lowest BCUT2D eigenvalue weighted by atomic mass is 10.3. The number of thioether (sulfide) groups is 2. The van der Waals surface area contributed by atoms with E-state index in [4.69, 9.17) is 23.8 Å². The molecule has 4 nitrogen and oxygen atoms in total. The lowest BCUT2D eigenvalue weighted by molar-refractivity contribution is -0.113. The van der Waals surface area contributed by atoms with Crippen LogP contribution in [0.4, 0.5) is 11.4 Å². The van der Waals surface area contributed by atoms with Gasteiger partial charge in [-0.05, 0) is 42.5 Å². The molecule has 2 aromatic carbocycles. The van der Waals surface area contributed by atoms with Gasteiger partial charge in [0.25, 0.3) is 5.91 Å². The molecule has 1 fully saturated rings. The molecule has 0 aromatic heterocycles. The molecule has 0 atom stereocenters. The molecule has 2 aromatic rings. The Morgan fingerprint density at radius 1 is 1.11 bits per heavy atom. The van der Waals surface area contributed by atoms with Crippen LogP contribution in [0.3, 0.4) is 0 Å². The van der Waals surface area contributed by atoms with E-state index in [0.29, 0.717) is 20.8 Å². The molecule has 28 heavy (non-hydrogen) atoms. The summed E-state index contributed by atoms with van der Waals surface area (Å²) in [7, 11) is 0. The van der Waals surface area contributed by atoms with Crippen LogP contribution < -0.4 is 9.80 Å². The number of carbonyl (C=O) groups excluding carboxylic acids is 1. The van der Waals surface area contributed by atoms with Crippen LogP contribution in [0.15, 0.2) is 75.5 Å². The fourth-order valence-corrected chi connectivity index (χ4v) is 5.43. The fourth-order valence-electron chi connectivity index (χ4n) is 2.96. The second-order valence-electron chi connectivity index (χ2n) is 5.97. The first kappa shape index (κ1) is 19.5. The quantitative estimate of drug-likeness (QED) is 0.524. The third kappa shape index (κ3) is 3.73. The van der Waals surface area contributed by atoms with Crippen LogP contribution in [0, 0.1) is 0 Å². The molecule has 2 aliphatic rings. The van der Waals surface area contributed by atoms with Gasteiger partial charge in [-0.15, -0.1) is 0 Å². The Balaban J connectivity index is 1.62. The number of aliphatic hydroxyl groups excluding tert-OH is 1. The van der Waals surface area contributed by atoms with Gasteiger partial charge in [-0.25, -0.2) is 0 Å². The minimum Gasteiger partial charge on any atom is -0.395 e. The summed E-state index contributed by atoms with van der Waals surface area (Å²) < 4.78 is 0.516. The van der Waals surface area contributed by atoms with Gasteiger partial charge >= 0.3 is 0 Å². The summed E-state index contributed by atoms with van der Waals surface area (Å²) in [5.74, 6) is -0.129. The predicted molar refractivity (Wildman–Crippen MR) is 122 cm³/mol. The number of anilines is 2. The Bertz CT molecular complexity index is 1010. The molecule has 0 saturated carbocycles. The molecular formula is C20H15ClN2O2S3. The van der Waals surface area contributed by atoms with Crippen molar-refractivity contribution >= 4 is 68.9 Å². The Morgan fingerprint density at radius 2 is 1.89 bits per heavy atom. The maximum atomic E-state index is 12.8. The van der Waals surface area contributed by atoms with Gasteiger partial charge in [-0.3, -0.25) is 9.69 Å². The zero-order valence-corrected chi connectivity index (χ0v) is 17.7. The number of thiocarbonyl (C=S) groups is 1. The molecule has 0 radical (unpaired) electrons. The number of hydrogen-bond donors (Lipinski definition) is 1. The number of allylic oxidation sites excluding steroid dienone is 2. The number of halogens is 1. The first-order chi connectivity index (χ1) is 13.6. The van der Waals surface area contributed by atoms with Crippen molar-refractivity contribution in [1.82, 2.24) is 0 Å².